The molecule has 1 saturated carbocycles. The molecule has 3 heterocycles. The summed E-state index contributed by atoms with van der Waals surface area (Å²) in [6, 6.07) is 11.0. The monoisotopic (exact) mass is 764 g/mol. The molecule has 2 bridgehead atoms. The average Bonchev–Trinajstić information content (AvgIpc) is 3.08. The fraction of sp³-hybridized carbons (Fsp3) is 0.649. The Morgan fingerprint density at radius 3 is 2.45 bits per heavy atom. The van der Waals surface area contributed by atoms with Gasteiger partial charge in [-0.1, -0.05) is 31.0 Å². The van der Waals surface area contributed by atoms with Crippen LogP contribution in [0.4, 0.5) is 5.69 Å². The van der Waals surface area contributed by atoms with Crippen LogP contribution in [0.3, 0.4) is 0 Å². The van der Waals surface area contributed by atoms with Gasteiger partial charge in [-0.15, -0.1) is 0 Å². The fourth-order valence-corrected chi connectivity index (χ4v) is 10.7. The summed E-state index contributed by atoms with van der Waals surface area (Å²) in [5.41, 5.74) is 2.15. The summed E-state index contributed by atoms with van der Waals surface area (Å²) in [4.78, 5) is 18.0. The second kappa shape index (κ2) is 15.5. The third-order valence-electron chi connectivity index (χ3n) is 11.9. The molecule has 2 fully saturated rings. The van der Waals surface area contributed by atoms with E-state index in [4.69, 9.17) is 16.3 Å². The zero-order valence-corrected chi connectivity index (χ0v) is 32.4. The van der Waals surface area contributed by atoms with E-state index in [0.29, 0.717) is 82.5 Å². The van der Waals surface area contributed by atoms with Crippen molar-refractivity contribution >= 4 is 43.2 Å². The van der Waals surface area contributed by atoms with Crippen LogP contribution in [-0.4, -0.2) is 100.0 Å². The Morgan fingerprint density at radius 1 is 0.980 bits per heavy atom. The van der Waals surface area contributed by atoms with Crippen molar-refractivity contribution in [1.82, 2.24) is 13.9 Å². The third-order valence-corrected chi connectivity index (χ3v) is 15.3. The summed E-state index contributed by atoms with van der Waals surface area (Å²) in [7, 11) is -7.27. The summed E-state index contributed by atoms with van der Waals surface area (Å²) in [5, 5.41) is 12.5. The van der Waals surface area contributed by atoms with E-state index in [9.17, 15) is 26.7 Å². The number of rotatable bonds is 3. The molecular weight excluding hydrogens is 712 g/mol. The van der Waals surface area contributed by atoms with Gasteiger partial charge in [-0.25, -0.2) is 21.6 Å². The second-order valence-corrected chi connectivity index (χ2v) is 19.8. The molecule has 0 spiro atoms. The predicted molar refractivity (Wildman–Crippen MR) is 200 cm³/mol. The number of aliphatic hydroxyl groups is 1. The van der Waals surface area contributed by atoms with Crippen LogP contribution in [0.2, 0.25) is 5.02 Å². The molecule has 14 heteroatoms. The number of aryl methyl sites for hydroxylation is 1. The highest BCUT2D eigenvalue weighted by Gasteiger charge is 2.48. The summed E-state index contributed by atoms with van der Waals surface area (Å²) in [6.45, 7) is 7.50. The number of ether oxygens (including phenoxy) is 1. The Balaban J connectivity index is 1.34. The number of hydrogen-bond donors (Lipinski definition) is 2. The molecule has 51 heavy (non-hydrogen) atoms. The molecule has 2 aromatic carbocycles. The molecule has 0 aromatic heterocycles. The fourth-order valence-electron chi connectivity index (χ4n) is 8.40. The SMILES string of the molecule is C[C@@H]1[C@@H](C)CCC[C@@](O)(CN2CCN(S(C)(=O)=O)CC2)[C@@H]2CC[C@H]2CN2CCCCc3cc(Cl)ccc3COc3ccc(cc32)C(=O)NS1(=O)=O. The molecule has 6 rings (SSSR count). The highest BCUT2D eigenvalue weighted by atomic mass is 35.5. The lowest BCUT2D eigenvalue weighted by Crippen LogP contribution is -2.59. The molecule has 0 unspecified atom stereocenters. The Morgan fingerprint density at radius 2 is 1.75 bits per heavy atom. The molecule has 0 radical (unpaired) electrons. The first-order valence-electron chi connectivity index (χ1n) is 18.4. The molecule has 11 nitrogen and oxygen atoms in total. The number of nitrogens with one attached hydrogen (secondary N) is 1. The van der Waals surface area contributed by atoms with Crippen LogP contribution < -0.4 is 14.4 Å². The quantitative estimate of drug-likeness (QED) is 0.458. The standard InChI is InChI=1S/C37H53ClN4O7S2/c1-26-7-6-15-37(44,25-40-17-19-42(20-18-40)50(3,45)46)33-13-10-30(33)23-41-16-5-4-8-28-21-32(38)12-9-31(28)24-49-35-14-11-29(22-34(35)41)36(43)39-51(47,48)27(26)2/h9,11-12,14,21-22,26-27,30,33,44H,4-8,10,13,15-20,23-25H2,1-3H3,(H,39,43)/t26-,27+,30-,33+,37+/m0/s1. The minimum atomic E-state index is -3.99. The van der Waals surface area contributed by atoms with E-state index in [0.717, 1.165) is 48.9 Å². The Bertz CT molecular complexity index is 1800. The van der Waals surface area contributed by atoms with Crippen molar-refractivity contribution in [2.75, 3.05) is 57.0 Å². The van der Waals surface area contributed by atoms with Gasteiger partial charge in [0.05, 0.1) is 22.8 Å². The Labute approximate surface area is 308 Å². The zero-order chi connectivity index (χ0) is 36.6. The van der Waals surface area contributed by atoms with Crippen molar-refractivity contribution in [3.8, 4) is 5.75 Å². The normalized spacial score (nSPS) is 30.1. The van der Waals surface area contributed by atoms with E-state index in [2.05, 4.69) is 14.5 Å². The number of sulfonamides is 2. The third kappa shape index (κ3) is 8.87. The molecule has 4 aliphatic rings. The van der Waals surface area contributed by atoms with Crippen molar-refractivity contribution in [3.63, 3.8) is 0 Å². The molecule has 2 N–H and O–H groups in total. The minimum Gasteiger partial charge on any atom is -0.487 e. The number of carbonyl (C=O) groups is 1. The average molecular weight is 765 g/mol. The molecule has 2 aromatic rings. The van der Waals surface area contributed by atoms with Gasteiger partial charge in [0.25, 0.3) is 5.91 Å². The lowest BCUT2D eigenvalue weighted by Gasteiger charge is -2.51. The topological polar surface area (TPSA) is 137 Å². The Hall–Kier alpha value is -2.42. The van der Waals surface area contributed by atoms with E-state index in [1.165, 1.54) is 10.6 Å². The van der Waals surface area contributed by atoms with Crippen LogP contribution in [0, 0.1) is 17.8 Å². The maximum absolute atomic E-state index is 13.5. The van der Waals surface area contributed by atoms with Crippen molar-refractivity contribution < 1.29 is 31.5 Å². The number of hydrogen-bond acceptors (Lipinski definition) is 9. The number of β-amino-alcohol motifs (C(OH)–C–C–N with tert-alkyl or cyclic N) is 1. The molecule has 1 aliphatic carbocycles. The number of amides is 1. The first kappa shape index (κ1) is 38.3. The van der Waals surface area contributed by atoms with E-state index in [-0.39, 0.29) is 23.3 Å². The molecule has 3 aliphatic heterocycles. The summed E-state index contributed by atoms with van der Waals surface area (Å²) in [6.07, 6.45) is 7.43. The number of halogens is 1. The lowest BCUT2D eigenvalue weighted by atomic mass is 9.62. The van der Waals surface area contributed by atoms with Crippen LogP contribution in [0.25, 0.3) is 0 Å². The highest BCUT2D eigenvalue weighted by molar-refractivity contribution is 7.90. The number of piperazine rings is 1. The van der Waals surface area contributed by atoms with Gasteiger partial charge in [-0.05, 0) is 111 Å². The van der Waals surface area contributed by atoms with E-state index < -0.39 is 36.8 Å². The van der Waals surface area contributed by atoms with Gasteiger partial charge in [0.15, 0.2) is 0 Å². The smallest absolute Gasteiger partial charge is 0.264 e. The van der Waals surface area contributed by atoms with Crippen LogP contribution in [-0.2, 0) is 33.1 Å². The summed E-state index contributed by atoms with van der Waals surface area (Å²) >= 11 is 6.36. The zero-order valence-electron chi connectivity index (χ0n) is 30.0. The Kier molecular flexibility index (Phi) is 11.7. The number of fused-ring (bicyclic) bond motifs is 3. The maximum Gasteiger partial charge on any atom is 0.264 e. The van der Waals surface area contributed by atoms with Crippen molar-refractivity contribution in [1.29, 1.82) is 0 Å². The molecule has 282 valence electrons. The van der Waals surface area contributed by atoms with E-state index in [1.54, 1.807) is 25.1 Å². The maximum atomic E-state index is 13.5. The van der Waals surface area contributed by atoms with Crippen LogP contribution in [0.15, 0.2) is 36.4 Å². The molecule has 1 saturated heterocycles. The van der Waals surface area contributed by atoms with Crippen LogP contribution in [0.5, 0.6) is 5.75 Å². The van der Waals surface area contributed by atoms with Gasteiger partial charge in [0.2, 0.25) is 20.0 Å². The molecular formula is C37H53ClN4O7S2. The number of anilines is 1. The predicted octanol–water partition coefficient (Wildman–Crippen LogP) is 4.66. The highest BCUT2D eigenvalue weighted by Crippen LogP contribution is 2.46. The first-order valence-corrected chi connectivity index (χ1v) is 22.1. The number of carbonyl (C=O) groups excluding carboxylic acids is 1. The molecule has 1 amide bonds. The van der Waals surface area contributed by atoms with Crippen LogP contribution in [0.1, 0.15) is 80.3 Å². The lowest BCUT2D eigenvalue weighted by molar-refractivity contribution is -0.108. The van der Waals surface area contributed by atoms with Gasteiger partial charge in [0.1, 0.15) is 12.4 Å². The van der Waals surface area contributed by atoms with E-state index >= 15 is 0 Å². The second-order valence-electron chi connectivity index (χ2n) is 15.3. The summed E-state index contributed by atoms with van der Waals surface area (Å²) < 4.78 is 61.7. The number of nitrogens with zero attached hydrogens (tertiary/aromatic N) is 3. The van der Waals surface area contributed by atoms with Gasteiger partial charge >= 0.3 is 0 Å². The first-order chi connectivity index (χ1) is 24.1. The molecule has 5 atom stereocenters. The van der Waals surface area contributed by atoms with Crippen molar-refractivity contribution in [3.05, 3.63) is 58.1 Å². The minimum absolute atomic E-state index is 0.00948. The van der Waals surface area contributed by atoms with Gasteiger partial charge < -0.3 is 14.7 Å². The number of benzene rings is 2. The van der Waals surface area contributed by atoms with Gasteiger partial charge in [-0.2, -0.15) is 4.31 Å². The largest absolute Gasteiger partial charge is 0.487 e. The van der Waals surface area contributed by atoms with Crippen LogP contribution >= 0.6 is 11.6 Å². The summed E-state index contributed by atoms with van der Waals surface area (Å²) in [5.74, 6) is -0.115. The van der Waals surface area contributed by atoms with Crippen molar-refractivity contribution in [2.24, 2.45) is 17.8 Å². The van der Waals surface area contributed by atoms with Crippen molar-refractivity contribution in [2.45, 2.75) is 82.7 Å². The van der Waals surface area contributed by atoms with Gasteiger partial charge in [0, 0.05) is 56.4 Å². The van der Waals surface area contributed by atoms with E-state index in [1.807, 2.05) is 25.1 Å². The van der Waals surface area contributed by atoms with Gasteiger partial charge in [-0.3, -0.25) is 9.69 Å².